The monoisotopic (exact) mass is 460 g/mol. The van der Waals surface area contributed by atoms with E-state index in [1.807, 2.05) is 0 Å². The van der Waals surface area contributed by atoms with Crippen molar-refractivity contribution in [3.05, 3.63) is 60.7 Å². The van der Waals surface area contributed by atoms with E-state index in [0.29, 0.717) is 0 Å². The Morgan fingerprint density at radius 3 is 1.42 bits per heavy atom. The molecule has 0 radical (unpaired) electrons. The molecule has 0 saturated heterocycles. The molecule has 1 aromatic rings. The highest BCUT2D eigenvalue weighted by Gasteiger charge is 2.06. The van der Waals surface area contributed by atoms with Crippen molar-refractivity contribution < 1.29 is 19.8 Å². The van der Waals surface area contributed by atoms with Gasteiger partial charge in [0.25, 0.3) is 0 Å². The molecule has 0 aromatic heterocycles. The van der Waals surface area contributed by atoms with Crippen LogP contribution in [0.1, 0.15) is 56.8 Å². The highest BCUT2D eigenvalue weighted by Crippen LogP contribution is 2.05. The summed E-state index contributed by atoms with van der Waals surface area (Å²) < 4.78 is 0. The van der Waals surface area contributed by atoms with E-state index in [2.05, 4.69) is 72.3 Å². The maximum Gasteiger partial charge on any atom is 0.0890 e. The van der Waals surface area contributed by atoms with E-state index in [4.69, 9.17) is 9.90 Å². The highest BCUT2D eigenvalue weighted by atomic mass is 16.4. The summed E-state index contributed by atoms with van der Waals surface area (Å²) in [5.74, 6) is -2.21. The molecule has 0 spiro atoms. The molecule has 8 heteroatoms. The molecule has 2 aliphatic heterocycles. The van der Waals surface area contributed by atoms with E-state index in [1.54, 1.807) is 18.2 Å². The predicted octanol–water partition coefficient (Wildman–Crippen LogP) is 1.73. The molecule has 0 fully saturated rings. The minimum atomic E-state index is -1.13. The van der Waals surface area contributed by atoms with Crippen molar-refractivity contribution in [2.24, 2.45) is 0 Å². The lowest BCUT2D eigenvalue weighted by molar-refractivity contribution is -0.302. The summed E-state index contributed by atoms with van der Waals surface area (Å²) in [6.07, 6.45) is 13.7. The number of carbonyl (C=O) groups is 2. The Kier molecular flexibility index (Phi) is 16.7. The summed E-state index contributed by atoms with van der Waals surface area (Å²) in [6.45, 7) is 9.97. The molecule has 1 aromatic carbocycles. The fraction of sp³-hybridized carbons (Fsp3) is 0.520. The SMILES string of the molecule is CC(=O)[O-].CCCCN1C=CN(C)C1.CCCCN1C=CN(C)C1.O=C([O-])c1ccccc1. The summed E-state index contributed by atoms with van der Waals surface area (Å²) in [6, 6.07) is 8.06. The lowest BCUT2D eigenvalue weighted by Gasteiger charge is -2.17. The van der Waals surface area contributed by atoms with Crippen molar-refractivity contribution in [1.29, 1.82) is 0 Å². The molecule has 0 amide bonds. The Morgan fingerprint density at radius 2 is 1.18 bits per heavy atom. The molecule has 33 heavy (non-hydrogen) atoms. The van der Waals surface area contributed by atoms with Gasteiger partial charge in [-0.15, -0.1) is 0 Å². The predicted molar refractivity (Wildman–Crippen MR) is 128 cm³/mol. The van der Waals surface area contributed by atoms with Crippen molar-refractivity contribution in [1.82, 2.24) is 19.6 Å². The molecule has 2 aliphatic rings. The second-order valence-corrected chi connectivity index (χ2v) is 7.87. The van der Waals surface area contributed by atoms with Crippen LogP contribution in [-0.4, -0.2) is 72.1 Å². The molecule has 0 N–H and O–H groups in total. The normalized spacial score (nSPS) is 13.5. The average molecular weight is 461 g/mol. The number of hydrogen-bond acceptors (Lipinski definition) is 8. The van der Waals surface area contributed by atoms with Gasteiger partial charge < -0.3 is 39.4 Å². The van der Waals surface area contributed by atoms with Gasteiger partial charge in [-0.05, 0) is 25.3 Å². The number of nitrogens with zero attached hydrogens (tertiary/aromatic N) is 4. The lowest BCUT2D eigenvalue weighted by Crippen LogP contribution is -2.23. The van der Waals surface area contributed by atoms with Crippen LogP contribution in [0.2, 0.25) is 0 Å². The highest BCUT2D eigenvalue weighted by molar-refractivity contribution is 5.85. The molecule has 0 atom stereocenters. The smallest absolute Gasteiger partial charge is 0.0890 e. The summed E-state index contributed by atoms with van der Waals surface area (Å²) in [7, 11) is 4.20. The van der Waals surface area contributed by atoms with Crippen molar-refractivity contribution in [3.63, 3.8) is 0 Å². The first-order valence-corrected chi connectivity index (χ1v) is 11.4. The number of benzene rings is 1. The van der Waals surface area contributed by atoms with Gasteiger partial charge in [0.05, 0.1) is 19.3 Å². The maximum atomic E-state index is 10.1. The van der Waals surface area contributed by atoms with Gasteiger partial charge >= 0.3 is 0 Å². The Labute approximate surface area is 199 Å². The third-order valence-corrected chi connectivity index (χ3v) is 4.48. The van der Waals surface area contributed by atoms with E-state index >= 15 is 0 Å². The first-order valence-electron chi connectivity index (χ1n) is 11.4. The second-order valence-electron chi connectivity index (χ2n) is 7.87. The molecule has 8 nitrogen and oxygen atoms in total. The molecule has 186 valence electrons. The van der Waals surface area contributed by atoms with Gasteiger partial charge in [0, 0.05) is 58.0 Å². The largest absolute Gasteiger partial charge is 0.550 e. The summed E-state index contributed by atoms with van der Waals surface area (Å²) >= 11 is 0. The third-order valence-electron chi connectivity index (χ3n) is 4.48. The Balaban J connectivity index is 0.000000431. The van der Waals surface area contributed by atoms with Gasteiger partial charge in [-0.3, -0.25) is 0 Å². The van der Waals surface area contributed by atoms with Gasteiger partial charge in [0.15, 0.2) is 0 Å². The van der Waals surface area contributed by atoms with E-state index in [9.17, 15) is 9.90 Å². The van der Waals surface area contributed by atoms with E-state index < -0.39 is 11.9 Å². The first-order chi connectivity index (χ1) is 15.7. The Morgan fingerprint density at radius 1 is 0.788 bits per heavy atom. The molecule has 0 bridgehead atoms. The molecular weight excluding hydrogens is 420 g/mol. The lowest BCUT2D eigenvalue weighted by atomic mass is 10.2. The maximum absolute atomic E-state index is 10.1. The van der Waals surface area contributed by atoms with Crippen molar-refractivity contribution in [3.8, 4) is 0 Å². The number of unbranched alkanes of at least 4 members (excludes halogenated alkanes) is 2. The standard InChI is InChI=1S/2C8H16N2.C7H6O2.C2H4O2/c2*1-3-4-5-10-7-6-9(2)8-10;8-7(9)6-4-2-1-3-5-6;1-2(3)4/h2*6-7H,3-5,8H2,1-2H3;1-5H,(H,8,9);1H3,(H,3,4)/p-2. The van der Waals surface area contributed by atoms with Crippen LogP contribution in [0.3, 0.4) is 0 Å². The van der Waals surface area contributed by atoms with Crippen LogP contribution in [0.5, 0.6) is 0 Å². The number of aliphatic carboxylic acids is 1. The topological polar surface area (TPSA) is 93.2 Å². The van der Waals surface area contributed by atoms with Gasteiger partial charge in [-0.2, -0.15) is 0 Å². The summed E-state index contributed by atoms with van der Waals surface area (Å²) in [5.41, 5.74) is 0.220. The van der Waals surface area contributed by atoms with E-state index in [0.717, 1.165) is 20.3 Å². The van der Waals surface area contributed by atoms with Gasteiger partial charge in [-0.1, -0.05) is 57.0 Å². The number of carboxylic acids is 2. The van der Waals surface area contributed by atoms with Gasteiger partial charge in [-0.25, -0.2) is 0 Å². The van der Waals surface area contributed by atoms with E-state index in [-0.39, 0.29) is 5.56 Å². The minimum absolute atomic E-state index is 0.220. The van der Waals surface area contributed by atoms with Crippen LogP contribution in [0.4, 0.5) is 0 Å². The van der Waals surface area contributed by atoms with Crippen LogP contribution < -0.4 is 10.2 Å². The number of hydrogen-bond donors (Lipinski definition) is 0. The zero-order valence-corrected chi connectivity index (χ0v) is 20.8. The van der Waals surface area contributed by atoms with Crippen molar-refractivity contribution in [2.75, 3.05) is 40.5 Å². The molecule has 3 rings (SSSR count). The fourth-order valence-electron chi connectivity index (χ4n) is 2.76. The van der Waals surface area contributed by atoms with Gasteiger partial charge in [0.1, 0.15) is 0 Å². The Hall–Kier alpha value is -3.16. The average Bonchev–Trinajstić information content (AvgIpc) is 3.39. The number of rotatable bonds is 7. The zero-order valence-electron chi connectivity index (χ0n) is 20.8. The first kappa shape index (κ1) is 29.8. The molecule has 0 saturated carbocycles. The van der Waals surface area contributed by atoms with Crippen LogP contribution in [0, 0.1) is 0 Å². The molecule has 0 unspecified atom stereocenters. The van der Waals surface area contributed by atoms with Gasteiger partial charge in [0.2, 0.25) is 0 Å². The van der Waals surface area contributed by atoms with Crippen LogP contribution in [-0.2, 0) is 4.79 Å². The summed E-state index contributed by atoms with van der Waals surface area (Å²) in [4.78, 5) is 28.0. The fourth-order valence-corrected chi connectivity index (χ4v) is 2.76. The minimum Gasteiger partial charge on any atom is -0.550 e. The quantitative estimate of drug-likeness (QED) is 0.607. The second kappa shape index (κ2) is 18.4. The zero-order chi connectivity index (χ0) is 25.1. The van der Waals surface area contributed by atoms with Crippen LogP contribution >= 0.6 is 0 Å². The number of aromatic carboxylic acids is 1. The molecular formula is C25H40N4O4-2. The molecule has 2 heterocycles. The molecule has 0 aliphatic carbocycles. The van der Waals surface area contributed by atoms with Crippen LogP contribution in [0.25, 0.3) is 0 Å². The van der Waals surface area contributed by atoms with E-state index in [1.165, 1.54) is 50.9 Å². The number of carboxylic acid groups (broad SMARTS) is 2. The summed E-state index contributed by atoms with van der Waals surface area (Å²) in [5, 5.41) is 19.0. The van der Waals surface area contributed by atoms with Crippen molar-refractivity contribution in [2.45, 2.75) is 46.5 Å². The number of carbonyl (C=O) groups excluding carboxylic acids is 2. The Bertz CT molecular complexity index is 676. The third kappa shape index (κ3) is 17.1. The van der Waals surface area contributed by atoms with Crippen LogP contribution in [0.15, 0.2) is 55.1 Å². The van der Waals surface area contributed by atoms with Crippen molar-refractivity contribution >= 4 is 11.9 Å².